The summed E-state index contributed by atoms with van der Waals surface area (Å²) in [6, 6.07) is 12.2. The standard InChI is InChI=1S/C20H24N2O2/c1-20(2)13-17(19(23)22-20)9-11-24-18-7-5-15(6-8-18)12-16-4-3-10-21-14-16/h3-8,10,14,17H,9,11-13H2,1-2H3,(H,22,23). The van der Waals surface area contributed by atoms with Gasteiger partial charge in [0.15, 0.2) is 0 Å². The van der Waals surface area contributed by atoms with Gasteiger partial charge >= 0.3 is 0 Å². The average molecular weight is 324 g/mol. The molecular weight excluding hydrogens is 300 g/mol. The Balaban J connectivity index is 1.47. The van der Waals surface area contributed by atoms with Gasteiger partial charge in [0.2, 0.25) is 5.91 Å². The zero-order valence-electron chi connectivity index (χ0n) is 14.3. The second-order valence-corrected chi connectivity index (χ2v) is 7.09. The van der Waals surface area contributed by atoms with Gasteiger partial charge in [-0.25, -0.2) is 0 Å². The van der Waals surface area contributed by atoms with Crippen LogP contribution in [0.15, 0.2) is 48.8 Å². The number of amides is 1. The first-order valence-electron chi connectivity index (χ1n) is 8.44. The summed E-state index contributed by atoms with van der Waals surface area (Å²) in [6.45, 7) is 4.69. The lowest BCUT2D eigenvalue weighted by Crippen LogP contribution is -2.34. The molecule has 24 heavy (non-hydrogen) atoms. The van der Waals surface area contributed by atoms with Gasteiger partial charge in [0.25, 0.3) is 0 Å². The van der Waals surface area contributed by atoms with Crippen molar-refractivity contribution in [2.24, 2.45) is 5.92 Å². The number of hydrogen-bond donors (Lipinski definition) is 1. The smallest absolute Gasteiger partial charge is 0.223 e. The molecule has 0 aliphatic carbocycles. The van der Waals surface area contributed by atoms with E-state index in [-0.39, 0.29) is 17.4 Å². The van der Waals surface area contributed by atoms with E-state index in [0.29, 0.717) is 6.61 Å². The maximum Gasteiger partial charge on any atom is 0.223 e. The number of aromatic nitrogens is 1. The molecule has 1 amide bonds. The zero-order chi connectivity index (χ0) is 17.0. The third kappa shape index (κ3) is 4.34. The van der Waals surface area contributed by atoms with Crippen LogP contribution in [0.3, 0.4) is 0 Å². The Bertz CT molecular complexity index is 681. The highest BCUT2D eigenvalue weighted by molar-refractivity contribution is 5.81. The summed E-state index contributed by atoms with van der Waals surface area (Å²) in [5, 5.41) is 3.02. The fraction of sp³-hybridized carbons (Fsp3) is 0.400. The van der Waals surface area contributed by atoms with E-state index in [0.717, 1.165) is 25.0 Å². The maximum atomic E-state index is 11.9. The van der Waals surface area contributed by atoms with Crippen molar-refractivity contribution in [3.63, 3.8) is 0 Å². The predicted octanol–water partition coefficient (Wildman–Crippen LogP) is 3.36. The van der Waals surface area contributed by atoms with Gasteiger partial charge in [-0.15, -0.1) is 0 Å². The van der Waals surface area contributed by atoms with E-state index in [2.05, 4.69) is 42.3 Å². The molecule has 1 fully saturated rings. The molecule has 1 N–H and O–H groups in total. The van der Waals surface area contributed by atoms with Gasteiger partial charge in [0, 0.05) is 23.9 Å². The van der Waals surface area contributed by atoms with E-state index in [4.69, 9.17) is 4.74 Å². The number of carbonyl (C=O) groups excluding carboxylic acids is 1. The maximum absolute atomic E-state index is 11.9. The normalized spacial score (nSPS) is 19.1. The lowest BCUT2D eigenvalue weighted by atomic mass is 9.95. The molecule has 1 saturated heterocycles. The summed E-state index contributed by atoms with van der Waals surface area (Å²) in [4.78, 5) is 16.0. The number of nitrogens with one attached hydrogen (secondary N) is 1. The minimum Gasteiger partial charge on any atom is -0.494 e. The van der Waals surface area contributed by atoms with Crippen molar-refractivity contribution in [2.45, 2.75) is 38.6 Å². The van der Waals surface area contributed by atoms with Gasteiger partial charge in [-0.3, -0.25) is 9.78 Å². The topological polar surface area (TPSA) is 51.2 Å². The second-order valence-electron chi connectivity index (χ2n) is 7.09. The molecule has 1 aromatic carbocycles. The minimum atomic E-state index is -0.0876. The molecule has 0 bridgehead atoms. The van der Waals surface area contributed by atoms with Gasteiger partial charge in [0.05, 0.1) is 6.61 Å². The molecule has 1 unspecified atom stereocenters. The molecular formula is C20H24N2O2. The van der Waals surface area contributed by atoms with Crippen molar-refractivity contribution in [1.29, 1.82) is 0 Å². The van der Waals surface area contributed by atoms with Crippen LogP contribution in [-0.4, -0.2) is 23.0 Å². The van der Waals surface area contributed by atoms with Crippen LogP contribution in [0, 0.1) is 5.92 Å². The monoisotopic (exact) mass is 324 g/mol. The lowest BCUT2D eigenvalue weighted by molar-refractivity contribution is -0.123. The lowest BCUT2D eigenvalue weighted by Gasteiger charge is -2.16. The van der Waals surface area contributed by atoms with Crippen molar-refractivity contribution in [3.05, 3.63) is 59.9 Å². The van der Waals surface area contributed by atoms with Crippen LogP contribution < -0.4 is 10.1 Å². The summed E-state index contributed by atoms with van der Waals surface area (Å²) in [7, 11) is 0. The average Bonchev–Trinajstić information content (AvgIpc) is 2.82. The number of pyridine rings is 1. The highest BCUT2D eigenvalue weighted by atomic mass is 16.5. The number of rotatable bonds is 6. The van der Waals surface area contributed by atoms with Crippen LogP contribution in [0.1, 0.15) is 37.8 Å². The molecule has 3 rings (SSSR count). The largest absolute Gasteiger partial charge is 0.494 e. The first-order valence-corrected chi connectivity index (χ1v) is 8.44. The van der Waals surface area contributed by atoms with Crippen molar-refractivity contribution in [2.75, 3.05) is 6.61 Å². The molecule has 0 radical (unpaired) electrons. The Morgan fingerprint density at radius 2 is 2.00 bits per heavy atom. The van der Waals surface area contributed by atoms with Gasteiger partial charge in [-0.2, -0.15) is 0 Å². The van der Waals surface area contributed by atoms with E-state index in [1.165, 1.54) is 11.1 Å². The quantitative estimate of drug-likeness (QED) is 0.886. The van der Waals surface area contributed by atoms with Crippen LogP contribution in [0.4, 0.5) is 0 Å². The van der Waals surface area contributed by atoms with E-state index >= 15 is 0 Å². The van der Waals surface area contributed by atoms with Crippen LogP contribution in [0.25, 0.3) is 0 Å². The summed E-state index contributed by atoms with van der Waals surface area (Å²) in [6.07, 6.45) is 6.17. The molecule has 0 spiro atoms. The highest BCUT2D eigenvalue weighted by Crippen LogP contribution is 2.27. The van der Waals surface area contributed by atoms with Crippen LogP contribution >= 0.6 is 0 Å². The molecule has 0 saturated carbocycles. The third-order valence-electron chi connectivity index (χ3n) is 4.38. The minimum absolute atomic E-state index is 0.0600. The number of benzene rings is 1. The summed E-state index contributed by atoms with van der Waals surface area (Å²) < 4.78 is 5.80. The number of ether oxygens (including phenoxy) is 1. The fourth-order valence-corrected chi connectivity index (χ4v) is 3.19. The molecule has 2 heterocycles. The Kier molecular flexibility index (Phi) is 4.84. The molecule has 126 valence electrons. The van der Waals surface area contributed by atoms with Gasteiger partial charge in [0.1, 0.15) is 5.75 Å². The SMILES string of the molecule is CC1(C)CC(CCOc2ccc(Cc3cccnc3)cc2)C(=O)N1. The summed E-state index contributed by atoms with van der Waals surface area (Å²) in [5.41, 5.74) is 2.34. The number of carbonyl (C=O) groups is 1. The van der Waals surface area contributed by atoms with Gasteiger partial charge in [-0.1, -0.05) is 18.2 Å². The van der Waals surface area contributed by atoms with Gasteiger partial charge in [-0.05, 0) is 62.4 Å². The number of nitrogens with zero attached hydrogens (tertiary/aromatic N) is 1. The van der Waals surface area contributed by atoms with E-state index in [9.17, 15) is 4.79 Å². The Labute approximate surface area is 143 Å². The van der Waals surface area contributed by atoms with Crippen molar-refractivity contribution >= 4 is 5.91 Å². The summed E-state index contributed by atoms with van der Waals surface area (Å²) >= 11 is 0. The van der Waals surface area contributed by atoms with E-state index < -0.39 is 0 Å². The molecule has 4 nitrogen and oxygen atoms in total. The van der Waals surface area contributed by atoms with E-state index in [1.54, 1.807) is 6.20 Å². The van der Waals surface area contributed by atoms with Crippen molar-refractivity contribution in [3.8, 4) is 5.75 Å². The predicted molar refractivity (Wildman–Crippen MR) is 93.9 cm³/mol. The summed E-state index contributed by atoms with van der Waals surface area (Å²) in [5.74, 6) is 1.06. The van der Waals surface area contributed by atoms with Crippen molar-refractivity contribution < 1.29 is 9.53 Å². The van der Waals surface area contributed by atoms with Crippen LogP contribution in [-0.2, 0) is 11.2 Å². The van der Waals surface area contributed by atoms with Crippen LogP contribution in [0.2, 0.25) is 0 Å². The molecule has 1 aromatic heterocycles. The molecule has 1 aliphatic heterocycles. The van der Waals surface area contributed by atoms with Crippen molar-refractivity contribution in [1.82, 2.24) is 10.3 Å². The Hall–Kier alpha value is -2.36. The zero-order valence-corrected chi connectivity index (χ0v) is 14.3. The second kappa shape index (κ2) is 7.04. The third-order valence-corrected chi connectivity index (χ3v) is 4.38. The molecule has 1 aliphatic rings. The molecule has 4 heteroatoms. The highest BCUT2D eigenvalue weighted by Gasteiger charge is 2.36. The van der Waals surface area contributed by atoms with E-state index in [1.807, 2.05) is 24.4 Å². The number of hydrogen-bond acceptors (Lipinski definition) is 3. The Morgan fingerprint density at radius 1 is 1.21 bits per heavy atom. The molecule has 1 atom stereocenters. The Morgan fingerprint density at radius 3 is 2.62 bits per heavy atom. The van der Waals surface area contributed by atoms with Gasteiger partial charge < -0.3 is 10.1 Å². The first-order chi connectivity index (χ1) is 11.5. The molecule has 2 aromatic rings. The van der Waals surface area contributed by atoms with Crippen LogP contribution in [0.5, 0.6) is 5.75 Å². The fourth-order valence-electron chi connectivity index (χ4n) is 3.19. The first kappa shape index (κ1) is 16.5.